The zero-order valence-corrected chi connectivity index (χ0v) is 20.7. The van der Waals surface area contributed by atoms with Crippen molar-refractivity contribution >= 4 is 0 Å². The maximum Gasteiger partial charge on any atom is 0.173 e. The molecule has 36 heavy (non-hydrogen) atoms. The molecular formula is C31H33NO4. The second-order valence-electron chi connectivity index (χ2n) is 8.75. The molecule has 2 unspecified atom stereocenters. The zero-order chi connectivity index (χ0) is 25.3. The minimum atomic E-state index is -0.895. The Labute approximate surface area is 213 Å². The van der Waals surface area contributed by atoms with Crippen LogP contribution in [-0.4, -0.2) is 31.7 Å². The molecule has 0 spiro atoms. The molecule has 4 rings (SSSR count). The van der Waals surface area contributed by atoms with Gasteiger partial charge in [0.05, 0.1) is 14.2 Å². The molecule has 186 valence electrons. The molecule has 0 saturated heterocycles. The lowest BCUT2D eigenvalue weighted by Gasteiger charge is -2.26. The second-order valence-corrected chi connectivity index (χ2v) is 8.75. The van der Waals surface area contributed by atoms with Gasteiger partial charge in [-0.15, -0.1) is 0 Å². The highest BCUT2D eigenvalue weighted by molar-refractivity contribution is 5.70. The Kier molecular flexibility index (Phi) is 8.61. The van der Waals surface area contributed by atoms with Crippen molar-refractivity contribution in [2.24, 2.45) is 5.73 Å². The van der Waals surface area contributed by atoms with E-state index in [1.54, 1.807) is 14.2 Å². The summed E-state index contributed by atoms with van der Waals surface area (Å²) >= 11 is 0. The standard InChI is InChI=1S/C31H33NO4/c1-34-29-18-17-24(21-30(29)35-2)25(19-22-11-5-3-6-12-22)20-27(33)31(32)36-28-16-10-9-15-26(28)23-13-7-4-8-14-23/h3-18,21,25,27,31,33H,19-20,32H2,1-2H3/t25?,27-,31?/m0/s1. The van der Waals surface area contributed by atoms with Gasteiger partial charge in [0, 0.05) is 5.56 Å². The van der Waals surface area contributed by atoms with Crippen molar-refractivity contribution in [3.8, 4) is 28.4 Å². The van der Waals surface area contributed by atoms with Gasteiger partial charge < -0.3 is 19.3 Å². The summed E-state index contributed by atoms with van der Waals surface area (Å²) < 4.78 is 17.0. The van der Waals surface area contributed by atoms with Crippen LogP contribution in [0.3, 0.4) is 0 Å². The van der Waals surface area contributed by atoms with Crippen LogP contribution in [-0.2, 0) is 6.42 Å². The first kappa shape index (κ1) is 25.3. The molecule has 0 radical (unpaired) electrons. The van der Waals surface area contributed by atoms with Crippen molar-refractivity contribution in [1.82, 2.24) is 0 Å². The summed E-state index contributed by atoms with van der Waals surface area (Å²) in [6.45, 7) is 0. The summed E-state index contributed by atoms with van der Waals surface area (Å²) in [5.74, 6) is 1.94. The average Bonchev–Trinajstić information content (AvgIpc) is 2.93. The van der Waals surface area contributed by atoms with Gasteiger partial charge in [0.15, 0.2) is 17.7 Å². The molecule has 0 amide bonds. The second kappa shape index (κ2) is 12.2. The normalized spacial score (nSPS) is 13.4. The Balaban J connectivity index is 1.55. The maximum atomic E-state index is 11.2. The lowest BCUT2D eigenvalue weighted by atomic mass is 9.87. The minimum Gasteiger partial charge on any atom is -0.493 e. The summed E-state index contributed by atoms with van der Waals surface area (Å²) in [5.41, 5.74) is 10.6. The van der Waals surface area contributed by atoms with Gasteiger partial charge in [-0.2, -0.15) is 0 Å². The topological polar surface area (TPSA) is 73.9 Å². The number of aliphatic hydroxyl groups excluding tert-OH is 1. The van der Waals surface area contributed by atoms with Gasteiger partial charge in [-0.1, -0.05) is 84.9 Å². The van der Waals surface area contributed by atoms with Crippen LogP contribution in [0.1, 0.15) is 23.5 Å². The summed E-state index contributed by atoms with van der Waals surface area (Å²) in [4.78, 5) is 0. The number of aliphatic hydroxyl groups is 1. The van der Waals surface area contributed by atoms with Crippen molar-refractivity contribution in [1.29, 1.82) is 0 Å². The first-order valence-corrected chi connectivity index (χ1v) is 12.1. The van der Waals surface area contributed by atoms with Crippen LogP contribution in [0.2, 0.25) is 0 Å². The molecule has 0 aliphatic heterocycles. The first-order chi connectivity index (χ1) is 17.6. The van der Waals surface area contributed by atoms with E-state index in [-0.39, 0.29) is 5.92 Å². The smallest absolute Gasteiger partial charge is 0.173 e. The lowest BCUT2D eigenvalue weighted by Crippen LogP contribution is -2.41. The highest BCUT2D eigenvalue weighted by Gasteiger charge is 2.25. The van der Waals surface area contributed by atoms with Crippen LogP contribution in [0, 0.1) is 0 Å². The van der Waals surface area contributed by atoms with Gasteiger partial charge in [-0.05, 0) is 53.6 Å². The SMILES string of the molecule is COc1ccc(C(Cc2ccccc2)C[C@H](O)C(N)Oc2ccccc2-c2ccccc2)cc1OC. The van der Waals surface area contributed by atoms with E-state index in [4.69, 9.17) is 19.9 Å². The third-order valence-corrected chi connectivity index (χ3v) is 6.34. The number of rotatable bonds is 11. The number of hydrogen-bond donors (Lipinski definition) is 2. The number of hydrogen-bond acceptors (Lipinski definition) is 5. The fraction of sp³-hybridized carbons (Fsp3) is 0.226. The van der Waals surface area contributed by atoms with E-state index in [0.29, 0.717) is 23.7 Å². The number of methoxy groups -OCH3 is 2. The van der Waals surface area contributed by atoms with E-state index in [2.05, 4.69) is 12.1 Å². The Bertz CT molecular complexity index is 1230. The van der Waals surface area contributed by atoms with E-state index in [0.717, 1.165) is 23.1 Å². The largest absolute Gasteiger partial charge is 0.493 e. The van der Waals surface area contributed by atoms with E-state index in [1.807, 2.05) is 91.0 Å². The van der Waals surface area contributed by atoms with Crippen LogP contribution < -0.4 is 19.9 Å². The molecule has 0 bridgehead atoms. The number of nitrogens with two attached hydrogens (primary N) is 1. The summed E-state index contributed by atoms with van der Waals surface area (Å²) in [6.07, 6.45) is -0.636. The Morgan fingerprint density at radius 1 is 0.722 bits per heavy atom. The Hall–Kier alpha value is -3.80. The average molecular weight is 484 g/mol. The molecule has 4 aromatic rings. The quantitative estimate of drug-likeness (QED) is 0.263. The molecule has 3 atom stereocenters. The predicted molar refractivity (Wildman–Crippen MR) is 144 cm³/mol. The molecule has 0 heterocycles. The van der Waals surface area contributed by atoms with Crippen LogP contribution in [0.15, 0.2) is 103 Å². The van der Waals surface area contributed by atoms with Crippen molar-refractivity contribution < 1.29 is 19.3 Å². The Morgan fingerprint density at radius 2 is 1.36 bits per heavy atom. The number of benzene rings is 4. The molecule has 5 nitrogen and oxygen atoms in total. The van der Waals surface area contributed by atoms with E-state index in [9.17, 15) is 5.11 Å². The van der Waals surface area contributed by atoms with E-state index in [1.165, 1.54) is 5.56 Å². The molecule has 0 aromatic heterocycles. The fourth-order valence-corrected chi connectivity index (χ4v) is 4.42. The zero-order valence-electron chi connectivity index (χ0n) is 20.7. The summed E-state index contributed by atoms with van der Waals surface area (Å²) in [7, 11) is 3.24. The molecule has 0 aliphatic carbocycles. The molecule has 4 aromatic carbocycles. The maximum absolute atomic E-state index is 11.2. The number of ether oxygens (including phenoxy) is 3. The lowest BCUT2D eigenvalue weighted by molar-refractivity contribution is 0.0302. The van der Waals surface area contributed by atoms with Crippen molar-refractivity contribution in [2.75, 3.05) is 14.2 Å². The minimum absolute atomic E-state index is 0.0128. The van der Waals surface area contributed by atoms with Crippen LogP contribution >= 0.6 is 0 Å². The molecule has 3 N–H and O–H groups in total. The van der Waals surface area contributed by atoms with Crippen molar-refractivity contribution in [3.05, 3.63) is 114 Å². The van der Waals surface area contributed by atoms with Crippen molar-refractivity contribution in [2.45, 2.75) is 31.1 Å². The molecular weight excluding hydrogens is 450 g/mol. The van der Waals surface area contributed by atoms with Gasteiger partial charge in [0.1, 0.15) is 11.9 Å². The first-order valence-electron chi connectivity index (χ1n) is 12.1. The van der Waals surface area contributed by atoms with Gasteiger partial charge in [-0.3, -0.25) is 5.73 Å². The molecule has 5 heteroatoms. The Morgan fingerprint density at radius 3 is 2.06 bits per heavy atom. The van der Waals surface area contributed by atoms with Crippen LogP contribution in [0.4, 0.5) is 0 Å². The van der Waals surface area contributed by atoms with E-state index < -0.39 is 12.3 Å². The monoisotopic (exact) mass is 483 g/mol. The number of para-hydroxylation sites is 1. The van der Waals surface area contributed by atoms with Crippen LogP contribution in [0.25, 0.3) is 11.1 Å². The van der Waals surface area contributed by atoms with Gasteiger partial charge >= 0.3 is 0 Å². The molecule has 0 aliphatic rings. The van der Waals surface area contributed by atoms with Gasteiger partial charge in [0.2, 0.25) is 0 Å². The third-order valence-electron chi connectivity index (χ3n) is 6.34. The predicted octanol–water partition coefficient (Wildman–Crippen LogP) is 5.81. The summed E-state index contributed by atoms with van der Waals surface area (Å²) in [6, 6.07) is 33.8. The summed E-state index contributed by atoms with van der Waals surface area (Å²) in [5, 5.41) is 11.2. The fourth-order valence-electron chi connectivity index (χ4n) is 4.42. The van der Waals surface area contributed by atoms with Gasteiger partial charge in [0.25, 0.3) is 0 Å². The van der Waals surface area contributed by atoms with Crippen LogP contribution in [0.5, 0.6) is 17.2 Å². The van der Waals surface area contributed by atoms with E-state index >= 15 is 0 Å². The molecule has 0 fully saturated rings. The highest BCUT2D eigenvalue weighted by Crippen LogP contribution is 2.35. The third kappa shape index (κ3) is 6.25. The highest BCUT2D eigenvalue weighted by atomic mass is 16.5. The van der Waals surface area contributed by atoms with Crippen molar-refractivity contribution in [3.63, 3.8) is 0 Å². The van der Waals surface area contributed by atoms with Gasteiger partial charge in [-0.25, -0.2) is 0 Å². The molecule has 0 saturated carbocycles.